The maximum atomic E-state index is 13.1. The normalized spacial score (nSPS) is 25.5. The SMILES string of the molecule is O=C(c1ccccc1)N(Cc1ccccc1)C1C2CCCCC21. The van der Waals surface area contributed by atoms with Crippen molar-refractivity contribution in [3.05, 3.63) is 71.8 Å². The number of hydrogen-bond donors (Lipinski definition) is 0. The molecule has 0 radical (unpaired) electrons. The molecule has 23 heavy (non-hydrogen) atoms. The molecule has 2 saturated carbocycles. The summed E-state index contributed by atoms with van der Waals surface area (Å²) < 4.78 is 0. The van der Waals surface area contributed by atoms with E-state index >= 15 is 0 Å². The summed E-state index contributed by atoms with van der Waals surface area (Å²) in [6.07, 6.45) is 5.25. The zero-order valence-corrected chi connectivity index (χ0v) is 13.4. The predicted molar refractivity (Wildman–Crippen MR) is 92.0 cm³/mol. The maximum absolute atomic E-state index is 13.1. The van der Waals surface area contributed by atoms with E-state index < -0.39 is 0 Å². The van der Waals surface area contributed by atoms with Crippen LogP contribution in [0.5, 0.6) is 0 Å². The second kappa shape index (κ2) is 6.19. The molecule has 2 aromatic carbocycles. The molecule has 2 fully saturated rings. The number of nitrogens with zero attached hydrogens (tertiary/aromatic N) is 1. The van der Waals surface area contributed by atoms with Crippen molar-refractivity contribution in [3.63, 3.8) is 0 Å². The third kappa shape index (κ3) is 2.90. The number of hydrogen-bond acceptors (Lipinski definition) is 1. The summed E-state index contributed by atoms with van der Waals surface area (Å²) in [5.41, 5.74) is 2.03. The van der Waals surface area contributed by atoms with Gasteiger partial charge in [0.25, 0.3) is 5.91 Å². The molecule has 0 aromatic heterocycles. The van der Waals surface area contributed by atoms with Crippen LogP contribution in [0.1, 0.15) is 41.6 Å². The van der Waals surface area contributed by atoms with Gasteiger partial charge in [-0.3, -0.25) is 4.79 Å². The van der Waals surface area contributed by atoms with Gasteiger partial charge in [-0.25, -0.2) is 0 Å². The first-order valence-electron chi connectivity index (χ1n) is 8.74. The van der Waals surface area contributed by atoms with E-state index in [9.17, 15) is 4.79 Å². The van der Waals surface area contributed by atoms with Crippen LogP contribution in [0.4, 0.5) is 0 Å². The third-order valence-electron chi connectivity index (χ3n) is 5.45. The minimum atomic E-state index is 0.189. The van der Waals surface area contributed by atoms with E-state index in [-0.39, 0.29) is 5.91 Å². The van der Waals surface area contributed by atoms with E-state index in [1.165, 1.54) is 31.2 Å². The fourth-order valence-electron chi connectivity index (χ4n) is 4.26. The highest BCUT2D eigenvalue weighted by molar-refractivity contribution is 5.94. The summed E-state index contributed by atoms with van der Waals surface area (Å²) >= 11 is 0. The monoisotopic (exact) mass is 305 g/mol. The number of rotatable bonds is 4. The quantitative estimate of drug-likeness (QED) is 0.813. The third-order valence-corrected chi connectivity index (χ3v) is 5.45. The Morgan fingerprint density at radius 2 is 1.43 bits per heavy atom. The van der Waals surface area contributed by atoms with E-state index in [0.29, 0.717) is 6.04 Å². The lowest BCUT2D eigenvalue weighted by Crippen LogP contribution is -2.34. The predicted octanol–water partition coefficient (Wildman–Crippen LogP) is 4.52. The standard InChI is InChI=1S/C21H23NO/c23-21(17-11-5-2-6-12-17)22(15-16-9-3-1-4-10-16)20-18-13-7-8-14-19(18)20/h1-6,9-12,18-20H,7-8,13-15H2. The molecule has 0 N–H and O–H groups in total. The molecule has 0 heterocycles. The number of carbonyl (C=O) groups excluding carboxylic acids is 1. The van der Waals surface area contributed by atoms with Gasteiger partial charge in [-0.15, -0.1) is 0 Å². The minimum Gasteiger partial charge on any atom is -0.331 e. The average Bonchev–Trinajstić information content (AvgIpc) is 3.35. The van der Waals surface area contributed by atoms with Gasteiger partial charge in [-0.1, -0.05) is 61.4 Å². The first kappa shape index (κ1) is 14.5. The molecule has 2 unspecified atom stereocenters. The molecular weight excluding hydrogens is 282 g/mol. The second-order valence-electron chi connectivity index (χ2n) is 6.89. The van der Waals surface area contributed by atoms with E-state index in [1.54, 1.807) is 0 Å². The van der Waals surface area contributed by atoms with Crippen LogP contribution in [0.25, 0.3) is 0 Å². The van der Waals surface area contributed by atoms with Crippen molar-refractivity contribution in [3.8, 4) is 0 Å². The Balaban J connectivity index is 1.60. The Hall–Kier alpha value is -2.09. The summed E-state index contributed by atoms with van der Waals surface area (Å²) in [4.78, 5) is 15.2. The summed E-state index contributed by atoms with van der Waals surface area (Å²) in [6.45, 7) is 0.728. The Morgan fingerprint density at radius 1 is 0.870 bits per heavy atom. The molecule has 2 aliphatic rings. The molecule has 2 aromatic rings. The Kier molecular flexibility index (Phi) is 3.90. The highest BCUT2D eigenvalue weighted by Crippen LogP contribution is 2.53. The van der Waals surface area contributed by atoms with Crippen molar-refractivity contribution in [2.24, 2.45) is 11.8 Å². The molecule has 118 valence electrons. The van der Waals surface area contributed by atoms with Crippen molar-refractivity contribution in [2.75, 3.05) is 0 Å². The molecule has 2 atom stereocenters. The van der Waals surface area contributed by atoms with Gasteiger partial charge in [0.15, 0.2) is 0 Å². The topological polar surface area (TPSA) is 20.3 Å². The number of fused-ring (bicyclic) bond motifs is 1. The van der Waals surface area contributed by atoms with Crippen molar-refractivity contribution in [1.29, 1.82) is 0 Å². The fraction of sp³-hybridized carbons (Fsp3) is 0.381. The average molecular weight is 305 g/mol. The van der Waals surface area contributed by atoms with Crippen molar-refractivity contribution in [1.82, 2.24) is 4.90 Å². The van der Waals surface area contributed by atoms with Crippen LogP contribution in [0.3, 0.4) is 0 Å². The smallest absolute Gasteiger partial charge is 0.254 e. The molecule has 0 aliphatic heterocycles. The number of amides is 1. The van der Waals surface area contributed by atoms with Crippen LogP contribution in [0.2, 0.25) is 0 Å². The lowest BCUT2D eigenvalue weighted by atomic mass is 10.0. The Bertz CT molecular complexity index is 655. The lowest BCUT2D eigenvalue weighted by molar-refractivity contribution is 0.0713. The van der Waals surface area contributed by atoms with Gasteiger partial charge in [-0.05, 0) is 42.4 Å². The van der Waals surface area contributed by atoms with Gasteiger partial charge >= 0.3 is 0 Å². The largest absolute Gasteiger partial charge is 0.331 e. The van der Waals surface area contributed by atoms with Crippen LogP contribution in [0.15, 0.2) is 60.7 Å². The van der Waals surface area contributed by atoms with Gasteiger partial charge in [0.2, 0.25) is 0 Å². The number of benzene rings is 2. The first-order chi connectivity index (χ1) is 11.3. The van der Waals surface area contributed by atoms with Gasteiger partial charge in [0.1, 0.15) is 0 Å². The summed E-state index contributed by atoms with van der Waals surface area (Å²) in [5, 5.41) is 0. The highest BCUT2D eigenvalue weighted by Gasteiger charge is 2.54. The molecule has 4 rings (SSSR count). The zero-order valence-electron chi connectivity index (χ0n) is 13.4. The van der Waals surface area contributed by atoms with E-state index in [4.69, 9.17) is 0 Å². The molecule has 0 spiro atoms. The van der Waals surface area contributed by atoms with E-state index in [2.05, 4.69) is 29.2 Å². The summed E-state index contributed by atoms with van der Waals surface area (Å²) in [6, 6.07) is 20.6. The van der Waals surface area contributed by atoms with Gasteiger partial charge in [-0.2, -0.15) is 0 Å². The van der Waals surface area contributed by atoms with Gasteiger partial charge < -0.3 is 4.90 Å². The Labute approximate surface area is 138 Å². The van der Waals surface area contributed by atoms with E-state index in [0.717, 1.165) is 23.9 Å². The number of carbonyl (C=O) groups is 1. The maximum Gasteiger partial charge on any atom is 0.254 e. The van der Waals surface area contributed by atoms with Crippen LogP contribution in [0, 0.1) is 11.8 Å². The van der Waals surface area contributed by atoms with Crippen LogP contribution in [-0.4, -0.2) is 16.8 Å². The minimum absolute atomic E-state index is 0.189. The molecule has 2 aliphatic carbocycles. The van der Waals surface area contributed by atoms with E-state index in [1.807, 2.05) is 36.4 Å². The Morgan fingerprint density at radius 3 is 2.04 bits per heavy atom. The van der Waals surface area contributed by atoms with Crippen LogP contribution >= 0.6 is 0 Å². The fourth-order valence-corrected chi connectivity index (χ4v) is 4.26. The molecule has 1 amide bonds. The van der Waals surface area contributed by atoms with Crippen LogP contribution < -0.4 is 0 Å². The highest BCUT2D eigenvalue weighted by atomic mass is 16.2. The lowest BCUT2D eigenvalue weighted by Gasteiger charge is -2.24. The van der Waals surface area contributed by atoms with Gasteiger partial charge in [0, 0.05) is 18.2 Å². The summed E-state index contributed by atoms with van der Waals surface area (Å²) in [7, 11) is 0. The molecular formula is C21H23NO. The van der Waals surface area contributed by atoms with Crippen LogP contribution in [-0.2, 0) is 6.54 Å². The molecule has 2 nitrogen and oxygen atoms in total. The zero-order chi connectivity index (χ0) is 15.6. The second-order valence-corrected chi connectivity index (χ2v) is 6.89. The summed E-state index contributed by atoms with van der Waals surface area (Å²) in [5.74, 6) is 1.66. The molecule has 0 bridgehead atoms. The molecule has 2 heteroatoms. The first-order valence-corrected chi connectivity index (χ1v) is 8.74. The van der Waals surface area contributed by atoms with Crippen molar-refractivity contribution in [2.45, 2.75) is 38.3 Å². The van der Waals surface area contributed by atoms with Crippen molar-refractivity contribution < 1.29 is 4.79 Å². The molecule has 0 saturated heterocycles. The van der Waals surface area contributed by atoms with Crippen molar-refractivity contribution >= 4 is 5.91 Å². The van der Waals surface area contributed by atoms with Gasteiger partial charge in [0.05, 0.1) is 0 Å².